The number of aliphatic hydroxyl groups is 2. The molecule has 0 saturated heterocycles. The van der Waals surface area contributed by atoms with E-state index >= 15 is 0 Å². The second-order valence-corrected chi connectivity index (χ2v) is 7.81. The molecule has 0 aliphatic carbocycles. The quantitative estimate of drug-likeness (QED) is 0.351. The van der Waals surface area contributed by atoms with E-state index in [4.69, 9.17) is 16.7 Å². The molecule has 2 aromatic rings. The summed E-state index contributed by atoms with van der Waals surface area (Å²) in [5.41, 5.74) is 1.19. The first kappa shape index (κ1) is 23.6. The van der Waals surface area contributed by atoms with Gasteiger partial charge in [-0.15, -0.1) is 11.3 Å². The number of carbonyl (C=O) groups excluding carboxylic acids is 2. The van der Waals surface area contributed by atoms with Crippen molar-refractivity contribution in [2.24, 2.45) is 0 Å². The number of thiophene rings is 1. The molecule has 4 N–H and O–H groups in total. The van der Waals surface area contributed by atoms with Crippen LogP contribution in [0, 0.1) is 0 Å². The normalized spacial score (nSPS) is 12.9. The zero-order valence-corrected chi connectivity index (χ0v) is 18.0. The number of halogens is 1. The van der Waals surface area contributed by atoms with Crippen LogP contribution in [0.15, 0.2) is 65.8 Å². The molecule has 0 aliphatic heterocycles. The van der Waals surface area contributed by atoms with Crippen LogP contribution in [-0.4, -0.2) is 41.3 Å². The van der Waals surface area contributed by atoms with E-state index in [9.17, 15) is 14.7 Å². The van der Waals surface area contributed by atoms with E-state index in [1.165, 1.54) is 11.3 Å². The zero-order valence-electron chi connectivity index (χ0n) is 16.4. The average molecular weight is 447 g/mol. The van der Waals surface area contributed by atoms with Crippen molar-refractivity contribution in [3.63, 3.8) is 0 Å². The van der Waals surface area contributed by atoms with Gasteiger partial charge in [0.25, 0.3) is 11.8 Å². The molecule has 0 fully saturated rings. The molecule has 1 aromatic carbocycles. The average Bonchev–Trinajstić information content (AvgIpc) is 3.20. The molecule has 30 heavy (non-hydrogen) atoms. The van der Waals surface area contributed by atoms with Gasteiger partial charge in [-0.3, -0.25) is 9.59 Å². The summed E-state index contributed by atoms with van der Waals surface area (Å²) in [6.07, 6.45) is 2.29. The van der Waals surface area contributed by atoms with Gasteiger partial charge in [0.05, 0.1) is 12.7 Å². The standard InChI is InChI=1S/C22H23ClN2O4S/c1-3-18(14(2)23)20-10-9-17(30-20)11-19(22(29)24-12-16(27)13-26)25-21(28)15-7-5-4-6-8-15/h3-11,16,26-27H,2,12-13H2,1H3,(H,24,29)(H,25,28)/b18-3+,19-11-. The van der Waals surface area contributed by atoms with Crippen LogP contribution >= 0.6 is 22.9 Å². The van der Waals surface area contributed by atoms with Crippen LogP contribution in [0.25, 0.3) is 11.6 Å². The van der Waals surface area contributed by atoms with E-state index in [1.54, 1.807) is 42.5 Å². The Bertz CT molecular complexity index is 967. The number of hydrogen-bond donors (Lipinski definition) is 4. The van der Waals surface area contributed by atoms with Gasteiger partial charge in [0.1, 0.15) is 5.70 Å². The maximum Gasteiger partial charge on any atom is 0.267 e. The molecule has 2 amide bonds. The number of nitrogens with one attached hydrogen (secondary N) is 2. The number of rotatable bonds is 9. The van der Waals surface area contributed by atoms with Gasteiger partial charge in [0.15, 0.2) is 0 Å². The van der Waals surface area contributed by atoms with Crippen LogP contribution in [0.4, 0.5) is 0 Å². The molecule has 6 nitrogen and oxygen atoms in total. The van der Waals surface area contributed by atoms with Gasteiger partial charge in [-0.1, -0.05) is 42.5 Å². The summed E-state index contributed by atoms with van der Waals surface area (Å²) >= 11 is 7.41. The van der Waals surface area contributed by atoms with Crippen LogP contribution in [0.1, 0.15) is 27.0 Å². The number of benzene rings is 1. The molecule has 1 heterocycles. The Morgan fingerprint density at radius 3 is 2.53 bits per heavy atom. The molecular formula is C22H23ClN2O4S. The number of allylic oxidation sites excluding steroid dienone is 3. The first-order chi connectivity index (χ1) is 14.3. The lowest BCUT2D eigenvalue weighted by molar-refractivity contribution is -0.118. The van der Waals surface area contributed by atoms with E-state index < -0.39 is 24.5 Å². The molecule has 0 radical (unpaired) electrons. The third kappa shape index (κ3) is 6.67. The molecule has 8 heteroatoms. The first-order valence-corrected chi connectivity index (χ1v) is 10.3. The Morgan fingerprint density at radius 1 is 1.23 bits per heavy atom. The molecule has 1 atom stereocenters. The van der Waals surface area contributed by atoms with E-state index in [1.807, 2.05) is 19.1 Å². The van der Waals surface area contributed by atoms with E-state index in [0.717, 1.165) is 10.5 Å². The summed E-state index contributed by atoms with van der Waals surface area (Å²) in [6.45, 7) is 4.95. The van der Waals surface area contributed by atoms with Gasteiger partial charge in [0, 0.05) is 32.5 Å². The van der Waals surface area contributed by atoms with Crippen molar-refractivity contribution < 1.29 is 19.8 Å². The Kier molecular flexibility index (Phi) is 9.01. The van der Waals surface area contributed by atoms with Crippen LogP contribution in [-0.2, 0) is 4.79 Å². The molecule has 2 rings (SSSR count). The third-order valence-corrected chi connectivity index (χ3v) is 5.27. The first-order valence-electron chi connectivity index (χ1n) is 9.12. The fourth-order valence-electron chi connectivity index (χ4n) is 2.46. The summed E-state index contributed by atoms with van der Waals surface area (Å²) in [4.78, 5) is 26.7. The minimum atomic E-state index is -1.10. The Labute approximate surface area is 184 Å². The Morgan fingerprint density at radius 2 is 1.93 bits per heavy atom. The smallest absolute Gasteiger partial charge is 0.267 e. The second kappa shape index (κ2) is 11.5. The Balaban J connectivity index is 2.30. The van der Waals surface area contributed by atoms with E-state index in [-0.39, 0.29) is 12.2 Å². The van der Waals surface area contributed by atoms with Gasteiger partial charge in [-0.25, -0.2) is 0 Å². The van der Waals surface area contributed by atoms with Crippen LogP contribution < -0.4 is 10.6 Å². The predicted molar refractivity (Wildman–Crippen MR) is 121 cm³/mol. The number of hydrogen-bond acceptors (Lipinski definition) is 5. The van der Waals surface area contributed by atoms with Crippen LogP contribution in [0.3, 0.4) is 0 Å². The third-order valence-electron chi connectivity index (χ3n) is 4.00. The molecule has 1 aromatic heterocycles. The van der Waals surface area contributed by atoms with Crippen molar-refractivity contribution in [3.05, 3.63) is 81.2 Å². The highest BCUT2D eigenvalue weighted by molar-refractivity contribution is 7.14. The lowest BCUT2D eigenvalue weighted by atomic mass is 10.2. The van der Waals surface area contributed by atoms with Gasteiger partial charge < -0.3 is 20.8 Å². The number of aliphatic hydroxyl groups excluding tert-OH is 2. The van der Waals surface area contributed by atoms with Crippen molar-refractivity contribution in [3.8, 4) is 0 Å². The maximum absolute atomic E-state index is 12.6. The van der Waals surface area contributed by atoms with Gasteiger partial charge >= 0.3 is 0 Å². The lowest BCUT2D eigenvalue weighted by Crippen LogP contribution is -2.39. The largest absolute Gasteiger partial charge is 0.394 e. The molecule has 0 bridgehead atoms. The maximum atomic E-state index is 12.6. The SMILES string of the molecule is C=C(Cl)/C(=C\C)c1ccc(/C=C(\NC(=O)c2ccccc2)C(=O)NCC(O)CO)s1. The van der Waals surface area contributed by atoms with Gasteiger partial charge in [-0.2, -0.15) is 0 Å². The summed E-state index contributed by atoms with van der Waals surface area (Å²) in [5, 5.41) is 23.9. The molecule has 0 saturated carbocycles. The number of carbonyl (C=O) groups is 2. The minimum absolute atomic E-state index is 0.00845. The Hall–Kier alpha value is -2.71. The van der Waals surface area contributed by atoms with Crippen molar-refractivity contribution in [1.82, 2.24) is 10.6 Å². The van der Waals surface area contributed by atoms with Crippen LogP contribution in [0.5, 0.6) is 0 Å². The van der Waals surface area contributed by atoms with Crippen molar-refractivity contribution in [1.29, 1.82) is 0 Å². The highest BCUT2D eigenvalue weighted by Crippen LogP contribution is 2.31. The molecule has 1 unspecified atom stereocenters. The van der Waals surface area contributed by atoms with Crippen molar-refractivity contribution in [2.45, 2.75) is 13.0 Å². The molecule has 0 aliphatic rings. The monoisotopic (exact) mass is 446 g/mol. The van der Waals surface area contributed by atoms with Crippen LogP contribution in [0.2, 0.25) is 0 Å². The van der Waals surface area contributed by atoms with Gasteiger partial charge in [-0.05, 0) is 37.3 Å². The lowest BCUT2D eigenvalue weighted by Gasteiger charge is -2.12. The fourth-order valence-corrected chi connectivity index (χ4v) is 3.78. The summed E-state index contributed by atoms with van der Waals surface area (Å²) in [5.74, 6) is -1.03. The second-order valence-electron chi connectivity index (χ2n) is 6.23. The highest BCUT2D eigenvalue weighted by atomic mass is 35.5. The number of amides is 2. The van der Waals surface area contributed by atoms with E-state index in [2.05, 4.69) is 17.2 Å². The summed E-state index contributed by atoms with van der Waals surface area (Å²) < 4.78 is 0. The topological polar surface area (TPSA) is 98.7 Å². The van der Waals surface area contributed by atoms with E-state index in [0.29, 0.717) is 15.5 Å². The molecule has 158 valence electrons. The summed E-state index contributed by atoms with van der Waals surface area (Å²) in [7, 11) is 0. The van der Waals surface area contributed by atoms with Crippen molar-refractivity contribution in [2.75, 3.05) is 13.2 Å². The molecule has 0 spiro atoms. The minimum Gasteiger partial charge on any atom is -0.394 e. The zero-order chi connectivity index (χ0) is 22.1. The highest BCUT2D eigenvalue weighted by Gasteiger charge is 2.16. The molecular weight excluding hydrogens is 424 g/mol. The predicted octanol–water partition coefficient (Wildman–Crippen LogP) is 3.14. The van der Waals surface area contributed by atoms with Gasteiger partial charge in [0.2, 0.25) is 0 Å². The summed E-state index contributed by atoms with van der Waals surface area (Å²) in [6, 6.07) is 12.1. The fraction of sp³-hybridized carbons (Fsp3) is 0.182. The van der Waals surface area contributed by atoms with Crippen molar-refractivity contribution >= 4 is 46.4 Å².